The largest absolute Gasteiger partial charge is 0.480 e. The van der Waals surface area contributed by atoms with E-state index in [1.165, 1.54) is 11.3 Å². The van der Waals surface area contributed by atoms with Crippen molar-refractivity contribution >= 4 is 28.5 Å². The molecule has 0 bridgehead atoms. The van der Waals surface area contributed by atoms with Crippen LogP contribution in [0.25, 0.3) is 10.4 Å². The van der Waals surface area contributed by atoms with Gasteiger partial charge in [0.05, 0.1) is 4.88 Å². The van der Waals surface area contributed by atoms with Gasteiger partial charge in [0, 0.05) is 19.3 Å². The van der Waals surface area contributed by atoms with Crippen LogP contribution in [0.3, 0.4) is 0 Å². The average molecular weight is 346 g/mol. The monoisotopic (exact) mass is 346 g/mol. The van der Waals surface area contributed by atoms with Crippen LogP contribution < -0.4 is 11.1 Å². The number of thiazole rings is 1. The quantitative estimate of drug-likeness (QED) is 0.789. The van der Waals surface area contributed by atoms with E-state index in [9.17, 15) is 9.59 Å². The number of carbonyl (C=O) groups is 2. The maximum Gasteiger partial charge on any atom is 0.323 e. The molecule has 2 amide bonds. The zero-order valence-electron chi connectivity index (χ0n) is 12.9. The summed E-state index contributed by atoms with van der Waals surface area (Å²) in [5, 5.41) is 12.4. The van der Waals surface area contributed by atoms with Crippen molar-refractivity contribution in [1.82, 2.24) is 9.88 Å². The fraction of sp³-hybridized carbons (Fsp3) is 0.312. The van der Waals surface area contributed by atoms with Crippen LogP contribution in [0.5, 0.6) is 0 Å². The normalized spacial score (nSPS) is 16.6. The Morgan fingerprint density at radius 3 is 2.54 bits per heavy atom. The summed E-state index contributed by atoms with van der Waals surface area (Å²) in [5.74, 6) is -1.02. The van der Waals surface area contributed by atoms with E-state index in [0.29, 0.717) is 18.2 Å². The van der Waals surface area contributed by atoms with Crippen LogP contribution in [0.15, 0.2) is 36.5 Å². The summed E-state index contributed by atoms with van der Waals surface area (Å²) in [7, 11) is 0. The lowest BCUT2D eigenvalue weighted by Gasteiger charge is -2.35. The molecular formula is C16H18N4O3S. The van der Waals surface area contributed by atoms with Crippen molar-refractivity contribution in [2.24, 2.45) is 5.73 Å². The first-order valence-electron chi connectivity index (χ1n) is 7.57. The maximum atomic E-state index is 12.3. The molecule has 3 rings (SSSR count). The number of amides is 2. The molecule has 1 fully saturated rings. The Labute approximate surface area is 143 Å². The van der Waals surface area contributed by atoms with Crippen molar-refractivity contribution in [2.45, 2.75) is 18.4 Å². The van der Waals surface area contributed by atoms with Gasteiger partial charge in [-0.15, -0.1) is 0 Å². The molecule has 0 saturated carbocycles. The van der Waals surface area contributed by atoms with Gasteiger partial charge in [-0.2, -0.15) is 0 Å². The molecule has 0 aliphatic carbocycles. The number of likely N-dealkylation sites (tertiary alicyclic amines) is 1. The van der Waals surface area contributed by atoms with Crippen molar-refractivity contribution in [3.8, 4) is 10.4 Å². The highest BCUT2D eigenvalue weighted by molar-refractivity contribution is 7.19. The number of carbonyl (C=O) groups excluding carboxylic acids is 1. The molecule has 8 heteroatoms. The highest BCUT2D eigenvalue weighted by atomic mass is 32.1. The predicted octanol–water partition coefficient (Wildman–Crippen LogP) is 2.22. The Kier molecular flexibility index (Phi) is 4.50. The summed E-state index contributed by atoms with van der Waals surface area (Å²) in [6.07, 6.45) is 2.20. The van der Waals surface area contributed by atoms with E-state index in [4.69, 9.17) is 10.8 Å². The Morgan fingerprint density at radius 2 is 1.92 bits per heavy atom. The second-order valence-corrected chi connectivity index (χ2v) is 6.80. The molecule has 24 heavy (non-hydrogen) atoms. The Morgan fingerprint density at radius 1 is 1.25 bits per heavy atom. The fourth-order valence-electron chi connectivity index (χ4n) is 2.56. The van der Waals surface area contributed by atoms with E-state index in [1.807, 2.05) is 30.3 Å². The number of piperidine rings is 1. The van der Waals surface area contributed by atoms with E-state index >= 15 is 0 Å². The Bertz CT molecular complexity index is 739. The van der Waals surface area contributed by atoms with Gasteiger partial charge in [0.15, 0.2) is 5.13 Å². The van der Waals surface area contributed by atoms with Crippen molar-refractivity contribution in [2.75, 3.05) is 18.4 Å². The summed E-state index contributed by atoms with van der Waals surface area (Å²) >= 11 is 1.39. The van der Waals surface area contributed by atoms with Gasteiger partial charge >= 0.3 is 12.0 Å². The zero-order valence-corrected chi connectivity index (χ0v) is 13.8. The SMILES string of the molecule is NC1(C(=O)O)CCN(C(=O)Nc2ncc(-c3ccccc3)s2)CC1. The molecule has 0 radical (unpaired) electrons. The molecule has 1 saturated heterocycles. The van der Waals surface area contributed by atoms with Gasteiger partial charge in [-0.3, -0.25) is 10.1 Å². The van der Waals surface area contributed by atoms with Crippen molar-refractivity contribution in [3.63, 3.8) is 0 Å². The van der Waals surface area contributed by atoms with E-state index in [-0.39, 0.29) is 18.9 Å². The third kappa shape index (κ3) is 3.39. The number of aromatic nitrogens is 1. The molecule has 7 nitrogen and oxygen atoms in total. The van der Waals surface area contributed by atoms with Crippen LogP contribution in [0, 0.1) is 0 Å². The molecule has 0 unspecified atom stereocenters. The van der Waals surface area contributed by atoms with Gasteiger partial charge in [-0.25, -0.2) is 9.78 Å². The van der Waals surface area contributed by atoms with Gasteiger partial charge in [0.1, 0.15) is 5.54 Å². The lowest BCUT2D eigenvalue weighted by molar-refractivity contribution is -0.144. The number of hydrogen-bond donors (Lipinski definition) is 3. The van der Waals surface area contributed by atoms with E-state index in [2.05, 4.69) is 10.3 Å². The number of nitrogens with one attached hydrogen (secondary N) is 1. The molecular weight excluding hydrogens is 328 g/mol. The van der Waals surface area contributed by atoms with E-state index in [1.54, 1.807) is 11.1 Å². The lowest BCUT2D eigenvalue weighted by Crippen LogP contribution is -2.57. The first-order chi connectivity index (χ1) is 11.5. The first kappa shape index (κ1) is 16.4. The molecule has 2 heterocycles. The summed E-state index contributed by atoms with van der Waals surface area (Å²) < 4.78 is 0. The second-order valence-electron chi connectivity index (χ2n) is 5.77. The minimum absolute atomic E-state index is 0.239. The molecule has 1 aromatic carbocycles. The number of nitrogens with zero attached hydrogens (tertiary/aromatic N) is 2. The second kappa shape index (κ2) is 6.58. The van der Waals surface area contributed by atoms with Crippen LogP contribution >= 0.6 is 11.3 Å². The molecule has 126 valence electrons. The highest BCUT2D eigenvalue weighted by Crippen LogP contribution is 2.29. The number of urea groups is 1. The number of aliphatic carboxylic acids is 1. The zero-order chi connectivity index (χ0) is 17.2. The molecule has 0 spiro atoms. The Balaban J connectivity index is 1.60. The average Bonchev–Trinajstić information content (AvgIpc) is 3.04. The number of anilines is 1. The number of rotatable bonds is 3. The summed E-state index contributed by atoms with van der Waals surface area (Å²) in [6.45, 7) is 0.622. The predicted molar refractivity (Wildman–Crippen MR) is 91.9 cm³/mol. The van der Waals surface area contributed by atoms with E-state index < -0.39 is 11.5 Å². The summed E-state index contributed by atoms with van der Waals surface area (Å²) in [4.78, 5) is 30.2. The van der Waals surface area contributed by atoms with Crippen molar-refractivity contribution < 1.29 is 14.7 Å². The minimum atomic E-state index is -1.24. The van der Waals surface area contributed by atoms with Gasteiger partial charge in [0.2, 0.25) is 0 Å². The number of benzene rings is 1. The topological polar surface area (TPSA) is 109 Å². The molecule has 1 aliphatic rings. The van der Waals surface area contributed by atoms with Crippen LogP contribution in [0.2, 0.25) is 0 Å². The van der Waals surface area contributed by atoms with Gasteiger partial charge < -0.3 is 15.7 Å². The third-order valence-corrected chi connectivity index (χ3v) is 5.11. The third-order valence-electron chi connectivity index (χ3n) is 4.15. The molecule has 0 atom stereocenters. The fourth-order valence-corrected chi connectivity index (χ4v) is 3.37. The first-order valence-corrected chi connectivity index (χ1v) is 8.39. The highest BCUT2D eigenvalue weighted by Gasteiger charge is 2.38. The minimum Gasteiger partial charge on any atom is -0.480 e. The van der Waals surface area contributed by atoms with Crippen LogP contribution in [0.1, 0.15) is 12.8 Å². The standard InChI is InChI=1S/C16H18N4O3S/c17-16(13(21)22)6-8-20(9-7-16)15(23)19-14-18-10-12(24-14)11-4-2-1-3-5-11/h1-5,10H,6-9,17H2,(H,21,22)(H,18,19,23). The molecule has 1 aliphatic heterocycles. The van der Waals surface area contributed by atoms with Crippen LogP contribution in [-0.4, -0.2) is 45.6 Å². The van der Waals surface area contributed by atoms with Crippen molar-refractivity contribution in [1.29, 1.82) is 0 Å². The smallest absolute Gasteiger partial charge is 0.323 e. The summed E-state index contributed by atoms with van der Waals surface area (Å²) in [6, 6.07) is 9.52. The van der Waals surface area contributed by atoms with Crippen LogP contribution in [0.4, 0.5) is 9.93 Å². The number of nitrogens with two attached hydrogens (primary N) is 1. The van der Waals surface area contributed by atoms with E-state index in [0.717, 1.165) is 10.4 Å². The van der Waals surface area contributed by atoms with Gasteiger partial charge in [0.25, 0.3) is 0 Å². The lowest BCUT2D eigenvalue weighted by atomic mass is 9.89. The Hall–Kier alpha value is -2.45. The van der Waals surface area contributed by atoms with Gasteiger partial charge in [-0.1, -0.05) is 41.7 Å². The molecule has 2 aromatic rings. The number of carboxylic acid groups (broad SMARTS) is 1. The van der Waals surface area contributed by atoms with Crippen molar-refractivity contribution in [3.05, 3.63) is 36.5 Å². The maximum absolute atomic E-state index is 12.3. The van der Waals surface area contributed by atoms with Gasteiger partial charge in [-0.05, 0) is 18.4 Å². The number of hydrogen-bond acceptors (Lipinski definition) is 5. The number of carboxylic acids is 1. The summed E-state index contributed by atoms with van der Waals surface area (Å²) in [5.41, 5.74) is 5.62. The molecule has 1 aromatic heterocycles. The molecule has 4 N–H and O–H groups in total. The van der Waals surface area contributed by atoms with Crippen LogP contribution in [-0.2, 0) is 4.79 Å².